The van der Waals surface area contributed by atoms with Gasteiger partial charge < -0.3 is 5.73 Å². The summed E-state index contributed by atoms with van der Waals surface area (Å²) in [7, 11) is 0. The topological polar surface area (TPSA) is 38.9 Å². The van der Waals surface area contributed by atoms with Crippen molar-refractivity contribution in [3.8, 4) is 0 Å². The predicted molar refractivity (Wildman–Crippen MR) is 46.8 cm³/mol. The third kappa shape index (κ3) is 1.19. The first-order chi connectivity index (χ1) is 5.27. The molecule has 0 bridgehead atoms. The van der Waals surface area contributed by atoms with Crippen LogP contribution in [0.2, 0.25) is 0 Å². The molecule has 1 fully saturated rings. The van der Waals surface area contributed by atoms with Gasteiger partial charge in [-0.2, -0.15) is 0 Å². The van der Waals surface area contributed by atoms with E-state index < -0.39 is 0 Å². The Kier molecular flexibility index (Phi) is 1.69. The number of rotatable bonds is 1. The lowest BCUT2D eigenvalue weighted by Crippen LogP contribution is -2.36. The molecule has 1 aliphatic rings. The van der Waals surface area contributed by atoms with Crippen molar-refractivity contribution in [1.82, 2.24) is 4.98 Å². The number of nitrogens with zero attached hydrogens (tertiary/aromatic N) is 1. The van der Waals surface area contributed by atoms with Gasteiger partial charge in [0.15, 0.2) is 0 Å². The Bertz CT molecular complexity index is 256. The van der Waals surface area contributed by atoms with E-state index in [9.17, 15) is 0 Å². The maximum Gasteiger partial charge on any atom is 0.0896 e. The SMILES string of the molecule is Cc1ncc(C2CCC2N)s1. The molecule has 0 spiro atoms. The van der Waals surface area contributed by atoms with Crippen LogP contribution in [0.3, 0.4) is 0 Å². The number of aryl methyl sites for hydroxylation is 1. The third-order valence-electron chi connectivity index (χ3n) is 2.33. The summed E-state index contributed by atoms with van der Waals surface area (Å²) in [5.74, 6) is 0.612. The van der Waals surface area contributed by atoms with E-state index in [0.717, 1.165) is 5.01 Å². The zero-order chi connectivity index (χ0) is 7.84. The number of nitrogens with two attached hydrogens (primary N) is 1. The molecule has 2 N–H and O–H groups in total. The van der Waals surface area contributed by atoms with Gasteiger partial charge in [-0.1, -0.05) is 0 Å². The van der Waals surface area contributed by atoms with Crippen molar-refractivity contribution >= 4 is 11.3 Å². The summed E-state index contributed by atoms with van der Waals surface area (Å²) in [5, 5.41) is 1.15. The first-order valence-corrected chi connectivity index (χ1v) is 4.77. The molecule has 1 aliphatic carbocycles. The molecule has 11 heavy (non-hydrogen) atoms. The summed E-state index contributed by atoms with van der Waals surface area (Å²) >= 11 is 1.78. The quantitative estimate of drug-likeness (QED) is 0.692. The lowest BCUT2D eigenvalue weighted by molar-refractivity contribution is 0.351. The Hall–Kier alpha value is -0.410. The summed E-state index contributed by atoms with van der Waals surface area (Å²) in [6, 6.07) is 0.398. The van der Waals surface area contributed by atoms with E-state index >= 15 is 0 Å². The molecule has 0 aliphatic heterocycles. The summed E-state index contributed by atoms with van der Waals surface area (Å²) < 4.78 is 0. The molecule has 3 heteroatoms. The van der Waals surface area contributed by atoms with Crippen molar-refractivity contribution in [2.75, 3.05) is 0 Å². The lowest BCUT2D eigenvalue weighted by Gasteiger charge is -2.32. The fraction of sp³-hybridized carbons (Fsp3) is 0.625. The summed E-state index contributed by atoms with van der Waals surface area (Å²) in [5.41, 5.74) is 5.84. The Balaban J connectivity index is 2.16. The third-order valence-corrected chi connectivity index (χ3v) is 3.38. The maximum atomic E-state index is 5.84. The first kappa shape index (κ1) is 7.25. The largest absolute Gasteiger partial charge is 0.327 e. The van der Waals surface area contributed by atoms with E-state index in [4.69, 9.17) is 5.73 Å². The molecular weight excluding hydrogens is 156 g/mol. The second-order valence-electron chi connectivity index (χ2n) is 3.13. The average Bonchev–Trinajstić information content (AvgIpc) is 2.33. The maximum absolute atomic E-state index is 5.84. The molecule has 0 aromatic carbocycles. The van der Waals surface area contributed by atoms with Crippen molar-refractivity contribution < 1.29 is 0 Å². The van der Waals surface area contributed by atoms with Crippen LogP contribution in [0.25, 0.3) is 0 Å². The van der Waals surface area contributed by atoms with Crippen molar-refractivity contribution in [1.29, 1.82) is 0 Å². The number of aromatic nitrogens is 1. The monoisotopic (exact) mass is 168 g/mol. The number of hydrogen-bond acceptors (Lipinski definition) is 3. The van der Waals surface area contributed by atoms with E-state index in [2.05, 4.69) is 4.98 Å². The molecule has 0 amide bonds. The second-order valence-corrected chi connectivity index (χ2v) is 4.40. The Morgan fingerprint density at radius 2 is 2.45 bits per heavy atom. The second kappa shape index (κ2) is 2.57. The summed E-state index contributed by atoms with van der Waals surface area (Å²) in [6.45, 7) is 2.04. The van der Waals surface area contributed by atoms with Crippen molar-refractivity contribution in [2.45, 2.75) is 31.7 Å². The number of thiazole rings is 1. The molecule has 1 aromatic heterocycles. The van der Waals surface area contributed by atoms with Crippen molar-refractivity contribution in [3.05, 3.63) is 16.1 Å². The van der Waals surface area contributed by atoms with Gasteiger partial charge >= 0.3 is 0 Å². The summed E-state index contributed by atoms with van der Waals surface area (Å²) in [4.78, 5) is 5.59. The van der Waals surface area contributed by atoms with Crippen molar-refractivity contribution in [3.63, 3.8) is 0 Å². The van der Waals surface area contributed by atoms with E-state index in [-0.39, 0.29) is 0 Å². The van der Waals surface area contributed by atoms with Gasteiger partial charge in [-0.05, 0) is 19.8 Å². The molecular formula is C8H12N2S. The standard InChI is InChI=1S/C8H12N2S/c1-5-10-4-8(11-5)6-2-3-7(6)9/h4,6-7H,2-3,9H2,1H3. The minimum atomic E-state index is 0.398. The molecule has 0 radical (unpaired) electrons. The fourth-order valence-electron chi connectivity index (χ4n) is 1.43. The van der Waals surface area contributed by atoms with E-state index in [1.807, 2.05) is 13.1 Å². The molecule has 60 valence electrons. The highest BCUT2D eigenvalue weighted by atomic mass is 32.1. The van der Waals surface area contributed by atoms with Crippen molar-refractivity contribution in [2.24, 2.45) is 5.73 Å². The normalized spacial score (nSPS) is 30.0. The molecule has 1 aromatic rings. The molecule has 2 atom stereocenters. The Morgan fingerprint density at radius 1 is 1.64 bits per heavy atom. The highest BCUT2D eigenvalue weighted by Gasteiger charge is 2.29. The van der Waals surface area contributed by atoms with Crippen LogP contribution < -0.4 is 5.73 Å². The Morgan fingerprint density at radius 3 is 2.82 bits per heavy atom. The Labute approximate surface area is 70.5 Å². The minimum absolute atomic E-state index is 0.398. The zero-order valence-electron chi connectivity index (χ0n) is 6.58. The average molecular weight is 168 g/mol. The zero-order valence-corrected chi connectivity index (χ0v) is 7.40. The van der Waals surface area contributed by atoms with Crippen LogP contribution in [0, 0.1) is 6.92 Å². The van der Waals surface area contributed by atoms with Gasteiger partial charge in [-0.3, -0.25) is 0 Å². The van der Waals surface area contributed by atoms with Gasteiger partial charge in [0.2, 0.25) is 0 Å². The molecule has 1 saturated carbocycles. The summed E-state index contributed by atoms with van der Waals surface area (Å²) in [6.07, 6.45) is 4.41. The van der Waals surface area contributed by atoms with Gasteiger partial charge in [-0.25, -0.2) is 4.98 Å². The van der Waals surface area contributed by atoms with Crippen LogP contribution >= 0.6 is 11.3 Å². The van der Waals surface area contributed by atoms with Crippen LogP contribution in [0.5, 0.6) is 0 Å². The highest BCUT2D eigenvalue weighted by Crippen LogP contribution is 2.37. The van der Waals surface area contributed by atoms with Crippen LogP contribution in [0.15, 0.2) is 6.20 Å². The van der Waals surface area contributed by atoms with E-state index in [1.165, 1.54) is 17.7 Å². The minimum Gasteiger partial charge on any atom is -0.327 e. The highest BCUT2D eigenvalue weighted by molar-refractivity contribution is 7.11. The van der Waals surface area contributed by atoms with Gasteiger partial charge in [-0.15, -0.1) is 11.3 Å². The molecule has 2 rings (SSSR count). The van der Waals surface area contributed by atoms with E-state index in [0.29, 0.717) is 12.0 Å². The first-order valence-electron chi connectivity index (χ1n) is 3.95. The van der Waals surface area contributed by atoms with Gasteiger partial charge in [0, 0.05) is 23.0 Å². The predicted octanol–water partition coefficient (Wildman–Crippen LogP) is 1.66. The molecule has 2 nitrogen and oxygen atoms in total. The fourth-order valence-corrected chi connectivity index (χ4v) is 2.42. The smallest absolute Gasteiger partial charge is 0.0896 e. The molecule has 0 saturated heterocycles. The lowest BCUT2D eigenvalue weighted by atomic mass is 9.79. The van der Waals surface area contributed by atoms with Crippen LogP contribution in [-0.2, 0) is 0 Å². The van der Waals surface area contributed by atoms with Gasteiger partial charge in [0.25, 0.3) is 0 Å². The van der Waals surface area contributed by atoms with Gasteiger partial charge in [0.1, 0.15) is 0 Å². The molecule has 1 heterocycles. The van der Waals surface area contributed by atoms with Crippen LogP contribution in [-0.4, -0.2) is 11.0 Å². The number of hydrogen-bond donors (Lipinski definition) is 1. The van der Waals surface area contributed by atoms with Gasteiger partial charge in [0.05, 0.1) is 5.01 Å². The van der Waals surface area contributed by atoms with Crippen LogP contribution in [0.1, 0.15) is 28.6 Å². The van der Waals surface area contributed by atoms with Crippen LogP contribution in [0.4, 0.5) is 0 Å². The van der Waals surface area contributed by atoms with E-state index in [1.54, 1.807) is 11.3 Å². The molecule has 2 unspecified atom stereocenters.